The number of anilines is 2. The molecule has 0 atom stereocenters. The molecule has 5 rings (SSSR count). The maximum atomic E-state index is 13.0. The monoisotopic (exact) mass is 556 g/mol. The molecule has 0 aliphatic carbocycles. The summed E-state index contributed by atoms with van der Waals surface area (Å²) >= 11 is 0. The summed E-state index contributed by atoms with van der Waals surface area (Å²) in [6.45, 7) is 20.7. The molecule has 1 aliphatic heterocycles. The molecule has 0 spiro atoms. The fourth-order valence-electron chi connectivity index (χ4n) is 5.17. The van der Waals surface area contributed by atoms with Crippen molar-refractivity contribution in [2.24, 2.45) is 0 Å². The molecule has 0 aromatic carbocycles. The second kappa shape index (κ2) is 10.7. The number of aryl methyl sites for hydroxylation is 2. The van der Waals surface area contributed by atoms with Crippen LogP contribution in [0.3, 0.4) is 0 Å². The summed E-state index contributed by atoms with van der Waals surface area (Å²) in [5, 5.41) is 16.2. The minimum absolute atomic E-state index is 0.173. The molecular weight excluding hydrogens is 516 g/mol. The fourth-order valence-corrected chi connectivity index (χ4v) is 5.17. The number of rotatable bonds is 5. The van der Waals surface area contributed by atoms with Gasteiger partial charge in [-0.05, 0) is 73.6 Å². The van der Waals surface area contributed by atoms with Gasteiger partial charge in [-0.2, -0.15) is 5.10 Å². The molecule has 11 nitrogen and oxygen atoms in total. The number of carbonyl (C=O) groups is 1. The van der Waals surface area contributed by atoms with Crippen molar-refractivity contribution in [3.63, 3.8) is 0 Å². The first-order chi connectivity index (χ1) is 19.3. The van der Waals surface area contributed by atoms with Crippen molar-refractivity contribution < 1.29 is 4.79 Å². The minimum atomic E-state index is -0.293. The van der Waals surface area contributed by atoms with Crippen LogP contribution in [0.15, 0.2) is 43.0 Å². The Labute approximate surface area is 241 Å². The number of hydrogen-bond donors (Lipinski definition) is 1. The highest BCUT2D eigenvalue weighted by atomic mass is 16.2. The van der Waals surface area contributed by atoms with Gasteiger partial charge in [-0.15, -0.1) is 5.10 Å². The van der Waals surface area contributed by atoms with Crippen LogP contribution in [0.1, 0.15) is 63.4 Å². The molecule has 41 heavy (non-hydrogen) atoms. The van der Waals surface area contributed by atoms with Gasteiger partial charge < -0.3 is 10.2 Å². The van der Waals surface area contributed by atoms with E-state index in [1.54, 1.807) is 16.9 Å². The van der Waals surface area contributed by atoms with Gasteiger partial charge >= 0.3 is 0 Å². The van der Waals surface area contributed by atoms with Gasteiger partial charge in [0.05, 0.1) is 46.9 Å². The maximum absolute atomic E-state index is 13.0. The van der Waals surface area contributed by atoms with Gasteiger partial charge in [-0.25, -0.2) is 4.68 Å². The van der Waals surface area contributed by atoms with Crippen molar-refractivity contribution >= 4 is 17.3 Å². The molecule has 0 saturated carbocycles. The van der Waals surface area contributed by atoms with E-state index >= 15 is 0 Å². The van der Waals surface area contributed by atoms with E-state index in [4.69, 9.17) is 0 Å². The number of nitrogens with zero attached hydrogens (tertiary/aromatic N) is 9. The van der Waals surface area contributed by atoms with E-state index in [9.17, 15) is 4.79 Å². The van der Waals surface area contributed by atoms with Crippen LogP contribution in [0.4, 0.5) is 11.4 Å². The lowest BCUT2D eigenvalue weighted by Crippen LogP contribution is -2.53. The van der Waals surface area contributed by atoms with Crippen molar-refractivity contribution in [2.45, 2.75) is 66.5 Å². The van der Waals surface area contributed by atoms with Gasteiger partial charge in [0.1, 0.15) is 5.69 Å². The number of carbonyl (C=O) groups excluding carboxylic acids is 1. The Bertz CT molecular complexity index is 1550. The quantitative estimate of drug-likeness (QED) is 0.384. The van der Waals surface area contributed by atoms with Gasteiger partial charge in [0, 0.05) is 49.2 Å². The predicted octanol–water partition coefficient (Wildman–Crippen LogP) is 4.47. The molecule has 5 heterocycles. The van der Waals surface area contributed by atoms with E-state index in [-0.39, 0.29) is 17.0 Å². The molecule has 4 aromatic rings. The lowest BCUT2D eigenvalue weighted by Gasteiger charge is -2.43. The Morgan fingerprint density at radius 3 is 2.29 bits per heavy atom. The lowest BCUT2D eigenvalue weighted by atomic mass is 10.0. The third kappa shape index (κ3) is 6.14. The van der Waals surface area contributed by atoms with Crippen LogP contribution in [0.2, 0.25) is 0 Å². The molecule has 1 saturated heterocycles. The van der Waals surface area contributed by atoms with E-state index in [1.807, 2.05) is 43.2 Å². The molecule has 4 aromatic heterocycles. The molecule has 11 heteroatoms. The van der Waals surface area contributed by atoms with Gasteiger partial charge in [-0.1, -0.05) is 5.21 Å². The third-order valence-electron chi connectivity index (χ3n) is 7.43. The molecule has 216 valence electrons. The number of pyridine rings is 2. The molecule has 0 unspecified atom stereocenters. The second-order valence-corrected chi connectivity index (χ2v) is 12.7. The van der Waals surface area contributed by atoms with Crippen molar-refractivity contribution in [3.8, 4) is 16.9 Å². The highest BCUT2D eigenvalue weighted by molar-refractivity contribution is 6.03. The zero-order valence-corrected chi connectivity index (χ0v) is 25.3. The topological polar surface area (TPSA) is 110 Å². The first kappa shape index (κ1) is 28.4. The van der Waals surface area contributed by atoms with Crippen molar-refractivity contribution in [2.75, 3.05) is 36.4 Å². The van der Waals surface area contributed by atoms with Crippen molar-refractivity contribution in [1.29, 1.82) is 0 Å². The van der Waals surface area contributed by atoms with Crippen LogP contribution in [-0.4, -0.2) is 77.3 Å². The third-order valence-corrected chi connectivity index (χ3v) is 7.43. The standard InChI is InChI=1S/C30H40N10O/c1-20-13-25(35-40(20)30(6,7)8)28(41)33-23-15-27(21(2)32-17-23)39-19-26(34-36-39)22-14-24(18-31-16-22)37-9-11-38(12-10-37)29(3,4)5/h13-19H,9-12H2,1-8H3,(H,33,41). The molecule has 0 bridgehead atoms. The Kier molecular flexibility index (Phi) is 7.41. The van der Waals surface area contributed by atoms with Crippen LogP contribution in [-0.2, 0) is 5.54 Å². The normalized spacial score (nSPS) is 14.9. The summed E-state index contributed by atoms with van der Waals surface area (Å²) in [6.07, 6.45) is 7.22. The first-order valence-corrected chi connectivity index (χ1v) is 14.0. The Morgan fingerprint density at radius 2 is 1.63 bits per heavy atom. The van der Waals surface area contributed by atoms with E-state index in [2.05, 4.69) is 88.1 Å². The summed E-state index contributed by atoms with van der Waals surface area (Å²) in [5.74, 6) is -0.293. The van der Waals surface area contributed by atoms with E-state index in [0.717, 1.165) is 54.5 Å². The van der Waals surface area contributed by atoms with Gasteiger partial charge in [0.25, 0.3) is 5.91 Å². The first-order valence-electron chi connectivity index (χ1n) is 14.0. The average Bonchev–Trinajstić information content (AvgIpc) is 3.57. The van der Waals surface area contributed by atoms with Crippen LogP contribution in [0, 0.1) is 13.8 Å². The van der Waals surface area contributed by atoms with Crippen LogP contribution < -0.4 is 10.2 Å². The smallest absolute Gasteiger partial charge is 0.276 e. The zero-order chi connectivity index (χ0) is 29.5. The molecule has 1 aliphatic rings. The summed E-state index contributed by atoms with van der Waals surface area (Å²) < 4.78 is 3.54. The zero-order valence-electron chi connectivity index (χ0n) is 25.3. The van der Waals surface area contributed by atoms with Crippen LogP contribution in [0.25, 0.3) is 16.9 Å². The van der Waals surface area contributed by atoms with Gasteiger partial charge in [0.2, 0.25) is 0 Å². The Morgan fingerprint density at radius 1 is 0.902 bits per heavy atom. The molecule has 1 amide bonds. The molecular formula is C30H40N10O. The number of nitrogens with one attached hydrogen (secondary N) is 1. The average molecular weight is 557 g/mol. The summed E-state index contributed by atoms with van der Waals surface area (Å²) in [7, 11) is 0. The minimum Gasteiger partial charge on any atom is -0.368 e. The number of amides is 1. The SMILES string of the molecule is Cc1ncc(NC(=O)c2cc(C)n(C(C)(C)C)n2)cc1-n1cc(-c2cncc(N3CCN(C(C)(C)C)CC3)c2)nn1. The highest BCUT2D eigenvalue weighted by Gasteiger charge is 2.26. The summed E-state index contributed by atoms with van der Waals surface area (Å²) in [6, 6.07) is 5.75. The number of hydrogen-bond acceptors (Lipinski definition) is 8. The van der Waals surface area contributed by atoms with Crippen molar-refractivity contribution in [1.82, 2.24) is 39.6 Å². The molecule has 1 fully saturated rings. The van der Waals surface area contributed by atoms with E-state index in [0.29, 0.717) is 17.1 Å². The van der Waals surface area contributed by atoms with Crippen LogP contribution in [0.5, 0.6) is 0 Å². The van der Waals surface area contributed by atoms with Gasteiger partial charge in [0.15, 0.2) is 5.69 Å². The number of piperazine rings is 1. The predicted molar refractivity (Wildman–Crippen MR) is 161 cm³/mol. The second-order valence-electron chi connectivity index (χ2n) is 12.7. The van der Waals surface area contributed by atoms with Crippen LogP contribution >= 0.6 is 0 Å². The highest BCUT2D eigenvalue weighted by Crippen LogP contribution is 2.26. The van der Waals surface area contributed by atoms with Crippen molar-refractivity contribution in [3.05, 3.63) is 60.1 Å². The summed E-state index contributed by atoms with van der Waals surface area (Å²) in [5.41, 5.74) is 5.95. The lowest BCUT2D eigenvalue weighted by molar-refractivity contribution is 0.102. The van der Waals surface area contributed by atoms with Gasteiger partial charge in [-0.3, -0.25) is 24.3 Å². The Hall–Kier alpha value is -4.12. The number of aromatic nitrogens is 7. The molecule has 0 radical (unpaired) electrons. The fraction of sp³-hybridized carbons (Fsp3) is 0.467. The van der Waals surface area contributed by atoms with E-state index < -0.39 is 0 Å². The maximum Gasteiger partial charge on any atom is 0.276 e. The van der Waals surface area contributed by atoms with E-state index in [1.165, 1.54) is 0 Å². The Balaban J connectivity index is 1.32. The molecule has 1 N–H and O–H groups in total. The largest absolute Gasteiger partial charge is 0.368 e. The summed E-state index contributed by atoms with van der Waals surface area (Å²) in [4.78, 5) is 26.9.